The van der Waals surface area contributed by atoms with Crippen molar-refractivity contribution in [3.8, 4) is 5.75 Å². The van der Waals surface area contributed by atoms with Gasteiger partial charge in [-0.25, -0.2) is 0 Å². The van der Waals surface area contributed by atoms with Crippen LogP contribution in [0.2, 0.25) is 0 Å². The lowest BCUT2D eigenvalue weighted by molar-refractivity contribution is -0.139. The second kappa shape index (κ2) is 5.06. The standard InChI is InChI=1S/C11H10O5/c1-16-9-5-3-2-4-7(9)11(15)8(12)6-10(13)14/h2-5H,6H2,1H3,(H,13,14). The molecule has 1 rings (SSSR count). The van der Waals surface area contributed by atoms with Gasteiger partial charge in [-0.3, -0.25) is 14.4 Å². The summed E-state index contributed by atoms with van der Waals surface area (Å²) in [5.74, 6) is -2.88. The smallest absolute Gasteiger partial charge is 0.311 e. The molecule has 0 atom stereocenters. The summed E-state index contributed by atoms with van der Waals surface area (Å²) in [6, 6.07) is 6.17. The molecule has 84 valence electrons. The van der Waals surface area contributed by atoms with Gasteiger partial charge < -0.3 is 9.84 Å². The number of rotatable bonds is 5. The fraction of sp³-hybridized carbons (Fsp3) is 0.182. The Labute approximate surface area is 91.6 Å². The van der Waals surface area contributed by atoms with Gasteiger partial charge in [0.2, 0.25) is 11.6 Å². The third-order valence-corrected chi connectivity index (χ3v) is 1.92. The molecule has 0 aliphatic rings. The number of carbonyl (C=O) groups excluding carboxylic acids is 2. The van der Waals surface area contributed by atoms with Crippen molar-refractivity contribution >= 4 is 17.5 Å². The number of carboxylic acids is 1. The van der Waals surface area contributed by atoms with Gasteiger partial charge in [0.15, 0.2) is 0 Å². The van der Waals surface area contributed by atoms with Gasteiger partial charge in [-0.15, -0.1) is 0 Å². The topological polar surface area (TPSA) is 80.7 Å². The van der Waals surface area contributed by atoms with Crippen LogP contribution in [0.3, 0.4) is 0 Å². The Morgan fingerprint density at radius 1 is 1.25 bits per heavy atom. The number of hydrogen-bond acceptors (Lipinski definition) is 4. The fourth-order valence-electron chi connectivity index (χ4n) is 1.20. The van der Waals surface area contributed by atoms with E-state index in [1.54, 1.807) is 12.1 Å². The lowest BCUT2D eigenvalue weighted by Gasteiger charge is -2.05. The van der Waals surface area contributed by atoms with E-state index in [0.717, 1.165) is 0 Å². The van der Waals surface area contributed by atoms with Crippen LogP contribution in [0.15, 0.2) is 24.3 Å². The molecular weight excluding hydrogens is 212 g/mol. The summed E-state index contributed by atoms with van der Waals surface area (Å²) in [6.45, 7) is 0. The third-order valence-electron chi connectivity index (χ3n) is 1.92. The molecule has 0 radical (unpaired) electrons. The molecule has 0 aromatic heterocycles. The van der Waals surface area contributed by atoms with Crippen LogP contribution in [-0.4, -0.2) is 29.8 Å². The molecule has 0 saturated heterocycles. The monoisotopic (exact) mass is 222 g/mol. The first-order chi connectivity index (χ1) is 7.56. The van der Waals surface area contributed by atoms with E-state index >= 15 is 0 Å². The number of hydrogen-bond donors (Lipinski definition) is 1. The van der Waals surface area contributed by atoms with Crippen LogP contribution in [-0.2, 0) is 9.59 Å². The number of carboxylic acid groups (broad SMARTS) is 1. The van der Waals surface area contributed by atoms with E-state index in [1.807, 2.05) is 0 Å². The number of methoxy groups -OCH3 is 1. The van der Waals surface area contributed by atoms with Gasteiger partial charge in [0.25, 0.3) is 0 Å². The first-order valence-electron chi connectivity index (χ1n) is 4.48. The molecule has 0 fully saturated rings. The first-order valence-corrected chi connectivity index (χ1v) is 4.48. The van der Waals surface area contributed by atoms with Crippen LogP contribution in [0.1, 0.15) is 16.8 Å². The Bertz CT molecular complexity index is 436. The Morgan fingerprint density at radius 3 is 2.44 bits per heavy atom. The number of para-hydroxylation sites is 1. The quantitative estimate of drug-likeness (QED) is 0.455. The van der Waals surface area contributed by atoms with E-state index in [0.29, 0.717) is 0 Å². The highest BCUT2D eigenvalue weighted by Gasteiger charge is 2.21. The Hall–Kier alpha value is -2.17. The minimum atomic E-state index is -1.33. The summed E-state index contributed by atoms with van der Waals surface area (Å²) >= 11 is 0. The van der Waals surface area contributed by atoms with E-state index in [1.165, 1.54) is 19.2 Å². The molecule has 0 aliphatic carbocycles. The molecule has 0 heterocycles. The largest absolute Gasteiger partial charge is 0.496 e. The summed E-state index contributed by atoms with van der Waals surface area (Å²) in [7, 11) is 1.37. The lowest BCUT2D eigenvalue weighted by Crippen LogP contribution is -2.18. The lowest BCUT2D eigenvalue weighted by atomic mass is 10.0. The van der Waals surface area contributed by atoms with Crippen molar-refractivity contribution < 1.29 is 24.2 Å². The second-order valence-electron chi connectivity index (χ2n) is 3.02. The average Bonchev–Trinajstić information content (AvgIpc) is 2.27. The van der Waals surface area contributed by atoms with Crippen LogP contribution >= 0.6 is 0 Å². The molecule has 5 heteroatoms. The van der Waals surface area contributed by atoms with E-state index in [9.17, 15) is 14.4 Å². The zero-order chi connectivity index (χ0) is 12.1. The molecule has 5 nitrogen and oxygen atoms in total. The summed E-state index contributed by atoms with van der Waals surface area (Å²) in [5, 5.41) is 8.40. The van der Waals surface area contributed by atoms with Crippen LogP contribution in [0.5, 0.6) is 5.75 Å². The molecule has 0 saturated carbocycles. The van der Waals surface area contributed by atoms with Crippen molar-refractivity contribution in [3.63, 3.8) is 0 Å². The number of benzene rings is 1. The summed E-state index contributed by atoms with van der Waals surface area (Å²) in [4.78, 5) is 33.1. The first kappa shape index (κ1) is 11.9. The molecule has 0 aliphatic heterocycles. The Morgan fingerprint density at radius 2 is 1.88 bits per heavy atom. The number of aliphatic carboxylic acids is 1. The van der Waals surface area contributed by atoms with Crippen LogP contribution < -0.4 is 4.74 Å². The maximum Gasteiger partial charge on any atom is 0.311 e. The van der Waals surface area contributed by atoms with Gasteiger partial charge in [-0.2, -0.15) is 0 Å². The maximum absolute atomic E-state index is 11.6. The molecule has 0 unspecified atom stereocenters. The summed E-state index contributed by atoms with van der Waals surface area (Å²) in [5.41, 5.74) is 0.0799. The highest BCUT2D eigenvalue weighted by atomic mass is 16.5. The molecule has 1 aromatic carbocycles. The number of carbonyl (C=O) groups is 3. The van der Waals surface area contributed by atoms with Crippen molar-refractivity contribution in [1.82, 2.24) is 0 Å². The number of ketones is 2. The normalized spacial score (nSPS) is 9.56. The Balaban J connectivity index is 2.96. The second-order valence-corrected chi connectivity index (χ2v) is 3.02. The van der Waals surface area contributed by atoms with Gasteiger partial charge in [-0.05, 0) is 12.1 Å². The van der Waals surface area contributed by atoms with Crippen LogP contribution in [0.25, 0.3) is 0 Å². The molecular formula is C11H10O5. The fourth-order valence-corrected chi connectivity index (χ4v) is 1.20. The zero-order valence-electron chi connectivity index (χ0n) is 8.60. The molecule has 16 heavy (non-hydrogen) atoms. The van der Waals surface area contributed by atoms with Crippen molar-refractivity contribution in [1.29, 1.82) is 0 Å². The van der Waals surface area contributed by atoms with Crippen LogP contribution in [0.4, 0.5) is 0 Å². The van der Waals surface area contributed by atoms with Crippen molar-refractivity contribution in [2.75, 3.05) is 7.11 Å². The number of Topliss-reactive ketones (excluding diaryl/α,β-unsaturated/α-hetero) is 2. The zero-order valence-corrected chi connectivity index (χ0v) is 8.60. The predicted molar refractivity (Wildman–Crippen MR) is 54.6 cm³/mol. The van der Waals surface area contributed by atoms with Crippen molar-refractivity contribution in [2.45, 2.75) is 6.42 Å². The van der Waals surface area contributed by atoms with Gasteiger partial charge in [0, 0.05) is 0 Å². The highest BCUT2D eigenvalue weighted by molar-refractivity contribution is 6.46. The minimum Gasteiger partial charge on any atom is -0.496 e. The molecule has 0 spiro atoms. The summed E-state index contributed by atoms with van der Waals surface area (Å²) in [6.07, 6.45) is -0.809. The van der Waals surface area contributed by atoms with Gasteiger partial charge in [0.05, 0.1) is 12.7 Å². The van der Waals surface area contributed by atoms with Gasteiger partial charge in [0.1, 0.15) is 12.2 Å². The van der Waals surface area contributed by atoms with E-state index < -0.39 is 24.0 Å². The predicted octanol–water partition coefficient (Wildman–Crippen LogP) is 0.922. The van der Waals surface area contributed by atoms with Gasteiger partial charge >= 0.3 is 5.97 Å². The third kappa shape index (κ3) is 2.66. The van der Waals surface area contributed by atoms with Crippen LogP contribution in [0, 0.1) is 0 Å². The molecule has 0 bridgehead atoms. The van der Waals surface area contributed by atoms with E-state index in [2.05, 4.69) is 0 Å². The van der Waals surface area contributed by atoms with E-state index in [4.69, 9.17) is 9.84 Å². The average molecular weight is 222 g/mol. The molecule has 1 N–H and O–H groups in total. The number of ether oxygens (including phenoxy) is 1. The summed E-state index contributed by atoms with van der Waals surface area (Å²) < 4.78 is 4.90. The Kier molecular flexibility index (Phi) is 3.77. The van der Waals surface area contributed by atoms with Gasteiger partial charge in [-0.1, -0.05) is 12.1 Å². The molecule has 1 aromatic rings. The van der Waals surface area contributed by atoms with Crippen molar-refractivity contribution in [3.05, 3.63) is 29.8 Å². The maximum atomic E-state index is 11.6. The SMILES string of the molecule is COc1ccccc1C(=O)C(=O)CC(=O)O. The van der Waals surface area contributed by atoms with E-state index in [-0.39, 0.29) is 11.3 Å². The van der Waals surface area contributed by atoms with Crippen molar-refractivity contribution in [2.24, 2.45) is 0 Å². The molecule has 0 amide bonds. The highest BCUT2D eigenvalue weighted by Crippen LogP contribution is 2.18. The minimum absolute atomic E-state index is 0.0799.